The van der Waals surface area contributed by atoms with Crippen molar-refractivity contribution >= 4 is 11.0 Å². The van der Waals surface area contributed by atoms with E-state index in [2.05, 4.69) is 30.9 Å². The van der Waals surface area contributed by atoms with E-state index in [1.807, 2.05) is 6.92 Å². The summed E-state index contributed by atoms with van der Waals surface area (Å²) >= 11 is 0. The zero-order valence-electron chi connectivity index (χ0n) is 14.1. The fourth-order valence-electron chi connectivity index (χ4n) is 4.18. The van der Waals surface area contributed by atoms with Crippen LogP contribution in [0.1, 0.15) is 23.9 Å². The standard InChI is InChI=1S/C19H15FN6/c1-9-4-12(13-8-22-24-19(13)23-9)17-16-6-10-5-15(10)26(16)25-18(17)14-3-2-11(20)7-21-14/h2-4,7-8,10,15H,5-6H2,1H3,(H,22,23,24)/t10-,15-/m1/s1. The van der Waals surface area contributed by atoms with Crippen LogP contribution in [0.25, 0.3) is 33.5 Å². The van der Waals surface area contributed by atoms with E-state index in [0.29, 0.717) is 17.7 Å². The van der Waals surface area contributed by atoms with Crippen LogP contribution in [0.15, 0.2) is 30.6 Å². The first-order valence-electron chi connectivity index (χ1n) is 8.73. The number of pyridine rings is 2. The third kappa shape index (κ3) is 1.85. The number of nitrogens with one attached hydrogen (secondary N) is 1. The monoisotopic (exact) mass is 346 g/mol. The Kier molecular flexibility index (Phi) is 2.58. The summed E-state index contributed by atoms with van der Waals surface area (Å²) in [5, 5.41) is 13.0. The predicted molar refractivity (Wildman–Crippen MR) is 93.9 cm³/mol. The van der Waals surface area contributed by atoms with Crippen molar-refractivity contribution in [2.24, 2.45) is 5.92 Å². The first-order chi connectivity index (χ1) is 12.7. The van der Waals surface area contributed by atoms with E-state index >= 15 is 0 Å². The lowest BCUT2D eigenvalue weighted by Gasteiger charge is -2.08. The molecule has 0 aromatic carbocycles. The fourth-order valence-corrected chi connectivity index (χ4v) is 4.18. The quantitative estimate of drug-likeness (QED) is 0.603. The number of halogens is 1. The summed E-state index contributed by atoms with van der Waals surface area (Å²) in [6.07, 6.45) is 5.27. The number of aryl methyl sites for hydroxylation is 1. The number of aromatic nitrogens is 6. The molecule has 1 aliphatic carbocycles. The highest BCUT2D eigenvalue weighted by Crippen LogP contribution is 2.55. The maximum atomic E-state index is 13.4. The minimum absolute atomic E-state index is 0.346. The second-order valence-electron chi connectivity index (χ2n) is 7.19. The summed E-state index contributed by atoms with van der Waals surface area (Å²) in [6, 6.07) is 5.71. The average molecular weight is 346 g/mol. The second kappa shape index (κ2) is 4.75. The Morgan fingerprint density at radius 3 is 3.04 bits per heavy atom. The van der Waals surface area contributed by atoms with Gasteiger partial charge in [-0.1, -0.05) is 0 Å². The van der Waals surface area contributed by atoms with Crippen LogP contribution >= 0.6 is 0 Å². The number of rotatable bonds is 2. The van der Waals surface area contributed by atoms with Gasteiger partial charge in [0.2, 0.25) is 0 Å². The lowest BCUT2D eigenvalue weighted by atomic mass is 9.97. The van der Waals surface area contributed by atoms with E-state index in [1.54, 1.807) is 12.3 Å². The molecule has 26 heavy (non-hydrogen) atoms. The SMILES string of the molecule is Cc1cc(-c2c(-c3ccc(F)cn3)nn3c2C[C@H]2C[C@H]23)c2cn[nH]c2n1. The maximum Gasteiger partial charge on any atom is 0.155 e. The molecule has 1 N–H and O–H groups in total. The Bertz CT molecular complexity index is 1170. The number of fused-ring (bicyclic) bond motifs is 4. The van der Waals surface area contributed by atoms with Crippen LogP contribution < -0.4 is 0 Å². The molecule has 0 radical (unpaired) electrons. The summed E-state index contributed by atoms with van der Waals surface area (Å²) in [4.78, 5) is 8.81. The van der Waals surface area contributed by atoms with Gasteiger partial charge in [-0.3, -0.25) is 14.8 Å². The Morgan fingerprint density at radius 2 is 2.19 bits per heavy atom. The smallest absolute Gasteiger partial charge is 0.155 e. The van der Waals surface area contributed by atoms with E-state index in [9.17, 15) is 4.39 Å². The topological polar surface area (TPSA) is 72.3 Å². The van der Waals surface area contributed by atoms with Crippen LogP contribution in [0.5, 0.6) is 0 Å². The molecule has 2 atom stereocenters. The molecule has 2 aliphatic rings. The Hall–Kier alpha value is -3.09. The minimum atomic E-state index is -0.346. The Morgan fingerprint density at radius 1 is 1.27 bits per heavy atom. The third-order valence-electron chi connectivity index (χ3n) is 5.45. The van der Waals surface area contributed by atoms with Gasteiger partial charge in [0.25, 0.3) is 0 Å². The minimum Gasteiger partial charge on any atom is -0.265 e. The van der Waals surface area contributed by atoms with Gasteiger partial charge in [-0.15, -0.1) is 0 Å². The van der Waals surface area contributed by atoms with Gasteiger partial charge in [0.1, 0.15) is 11.5 Å². The Balaban J connectivity index is 1.67. The normalized spacial score (nSPS) is 20.4. The van der Waals surface area contributed by atoms with Crippen LogP contribution in [-0.2, 0) is 6.42 Å². The molecule has 5 heterocycles. The van der Waals surface area contributed by atoms with Crippen molar-refractivity contribution in [1.29, 1.82) is 0 Å². The lowest BCUT2D eigenvalue weighted by molar-refractivity contribution is 0.621. The van der Waals surface area contributed by atoms with Gasteiger partial charge >= 0.3 is 0 Å². The largest absolute Gasteiger partial charge is 0.265 e. The van der Waals surface area contributed by atoms with Gasteiger partial charge < -0.3 is 0 Å². The molecule has 4 aromatic rings. The van der Waals surface area contributed by atoms with Crippen LogP contribution in [0.3, 0.4) is 0 Å². The summed E-state index contributed by atoms with van der Waals surface area (Å²) < 4.78 is 15.5. The molecule has 0 amide bonds. The zero-order valence-corrected chi connectivity index (χ0v) is 14.1. The highest BCUT2D eigenvalue weighted by molar-refractivity contribution is 5.97. The summed E-state index contributed by atoms with van der Waals surface area (Å²) in [5.41, 5.74) is 6.54. The predicted octanol–water partition coefficient (Wildman–Crippen LogP) is 3.45. The summed E-state index contributed by atoms with van der Waals surface area (Å²) in [7, 11) is 0. The molecule has 0 unspecified atom stereocenters. The van der Waals surface area contributed by atoms with Gasteiger partial charge in [-0.2, -0.15) is 10.2 Å². The molecule has 0 spiro atoms. The summed E-state index contributed by atoms with van der Waals surface area (Å²) in [6.45, 7) is 1.97. The van der Waals surface area contributed by atoms with E-state index < -0.39 is 0 Å². The van der Waals surface area contributed by atoms with Gasteiger partial charge in [0, 0.05) is 27.9 Å². The van der Waals surface area contributed by atoms with Crippen LogP contribution in [0.4, 0.5) is 4.39 Å². The van der Waals surface area contributed by atoms with Crippen molar-refractivity contribution in [2.45, 2.75) is 25.8 Å². The first kappa shape index (κ1) is 14.1. The molecule has 0 bridgehead atoms. The fraction of sp³-hybridized carbons (Fsp3) is 0.263. The van der Waals surface area contributed by atoms with Gasteiger partial charge in [0.15, 0.2) is 5.65 Å². The lowest BCUT2D eigenvalue weighted by Crippen LogP contribution is -1.96. The highest BCUT2D eigenvalue weighted by Gasteiger charge is 2.48. The molecule has 6 nitrogen and oxygen atoms in total. The van der Waals surface area contributed by atoms with Crippen molar-refractivity contribution in [3.63, 3.8) is 0 Å². The van der Waals surface area contributed by atoms with Crippen LogP contribution in [0.2, 0.25) is 0 Å². The van der Waals surface area contributed by atoms with Crippen LogP contribution in [-0.4, -0.2) is 29.9 Å². The molecule has 1 aliphatic heterocycles. The molecular formula is C19H15FN6. The van der Waals surface area contributed by atoms with Crippen molar-refractivity contribution < 1.29 is 4.39 Å². The van der Waals surface area contributed by atoms with Crippen molar-refractivity contribution in [3.8, 4) is 22.5 Å². The van der Waals surface area contributed by atoms with E-state index in [-0.39, 0.29) is 5.82 Å². The van der Waals surface area contributed by atoms with Gasteiger partial charge in [-0.25, -0.2) is 9.37 Å². The molecule has 0 saturated heterocycles. The van der Waals surface area contributed by atoms with Crippen molar-refractivity contribution in [3.05, 3.63) is 47.8 Å². The summed E-state index contributed by atoms with van der Waals surface area (Å²) in [5.74, 6) is 0.357. The molecule has 6 rings (SSSR count). The van der Waals surface area contributed by atoms with Crippen LogP contribution in [0, 0.1) is 18.7 Å². The second-order valence-corrected chi connectivity index (χ2v) is 7.19. The molecule has 128 valence electrons. The number of hydrogen-bond acceptors (Lipinski definition) is 4. The highest BCUT2D eigenvalue weighted by atomic mass is 19.1. The molecular weight excluding hydrogens is 331 g/mol. The molecule has 7 heteroatoms. The van der Waals surface area contributed by atoms with Gasteiger partial charge in [0.05, 0.1) is 24.1 Å². The van der Waals surface area contributed by atoms with Crippen molar-refractivity contribution in [2.75, 3.05) is 0 Å². The third-order valence-corrected chi connectivity index (χ3v) is 5.45. The number of H-pyrrole nitrogens is 1. The van der Waals surface area contributed by atoms with Crippen molar-refractivity contribution in [1.82, 2.24) is 29.9 Å². The maximum absolute atomic E-state index is 13.4. The molecule has 1 saturated carbocycles. The zero-order chi connectivity index (χ0) is 17.4. The average Bonchev–Trinajstić information content (AvgIpc) is 2.96. The number of hydrogen-bond donors (Lipinski definition) is 1. The molecule has 1 fully saturated rings. The number of nitrogens with zero attached hydrogens (tertiary/aromatic N) is 5. The van der Waals surface area contributed by atoms with Gasteiger partial charge in [-0.05, 0) is 43.9 Å². The first-order valence-corrected chi connectivity index (χ1v) is 8.73. The molecule has 4 aromatic heterocycles. The van der Waals surface area contributed by atoms with E-state index in [4.69, 9.17) is 5.10 Å². The number of aromatic amines is 1. The van der Waals surface area contributed by atoms with E-state index in [1.165, 1.54) is 24.4 Å². The van der Waals surface area contributed by atoms with E-state index in [0.717, 1.165) is 40.0 Å². The Labute approximate surface area is 148 Å².